The first kappa shape index (κ1) is 10.6. The maximum atomic E-state index is 5.53. The Hall–Kier alpha value is -0.410. The minimum atomic E-state index is 0.719. The van der Waals surface area contributed by atoms with Crippen LogP contribution in [0.5, 0.6) is 0 Å². The molecule has 0 unspecified atom stereocenters. The van der Waals surface area contributed by atoms with E-state index >= 15 is 0 Å². The minimum absolute atomic E-state index is 0.719. The number of alkyl halides is 1. The molecule has 0 saturated carbocycles. The second-order valence-electron chi connectivity index (χ2n) is 2.45. The summed E-state index contributed by atoms with van der Waals surface area (Å²) in [4.78, 5) is 0. The average Bonchev–Trinajstić information content (AvgIpc) is 2.01. The molecule has 0 aliphatic heterocycles. The fourth-order valence-corrected chi connectivity index (χ4v) is 0.897. The lowest BCUT2D eigenvalue weighted by Gasteiger charge is -1.94. The quantitative estimate of drug-likeness (QED) is 0.345. The molecule has 0 amide bonds. The fraction of sp³-hybridized carbons (Fsp3) is 0.600. The lowest BCUT2D eigenvalue weighted by atomic mass is 10.1. The van der Waals surface area contributed by atoms with Gasteiger partial charge in [0.25, 0.3) is 0 Å². The Labute approximate surface area is 74.6 Å². The van der Waals surface area contributed by atoms with E-state index in [9.17, 15) is 0 Å². The molecule has 1 heteroatoms. The normalized spacial score (nSPS) is 10.6. The standard InChI is InChI=1S/C10H15Cl/c1-3-4-5-7-10(2)8-6-9-11/h8H,5-7,9H2,1-2H3. The predicted octanol–water partition coefficient (Wildman–Crippen LogP) is 3.37. The Morgan fingerprint density at radius 3 is 2.82 bits per heavy atom. The van der Waals surface area contributed by atoms with Gasteiger partial charge in [-0.1, -0.05) is 11.6 Å². The van der Waals surface area contributed by atoms with Gasteiger partial charge in [-0.2, -0.15) is 0 Å². The van der Waals surface area contributed by atoms with E-state index in [2.05, 4.69) is 24.8 Å². The Morgan fingerprint density at radius 1 is 1.55 bits per heavy atom. The first-order chi connectivity index (χ1) is 5.31. The van der Waals surface area contributed by atoms with E-state index in [0.29, 0.717) is 0 Å². The van der Waals surface area contributed by atoms with Gasteiger partial charge in [0.15, 0.2) is 0 Å². The SMILES string of the molecule is CC#CCCC(C)=CCCCl. The van der Waals surface area contributed by atoms with Crippen LogP contribution < -0.4 is 0 Å². The zero-order valence-corrected chi connectivity index (χ0v) is 8.04. The molecule has 0 aromatic rings. The van der Waals surface area contributed by atoms with Gasteiger partial charge in [-0.3, -0.25) is 0 Å². The highest BCUT2D eigenvalue weighted by Gasteiger charge is 1.86. The third kappa shape index (κ3) is 7.49. The second kappa shape index (κ2) is 7.69. The molecule has 0 aliphatic rings. The van der Waals surface area contributed by atoms with Crippen molar-refractivity contribution >= 4 is 11.6 Å². The smallest absolute Gasteiger partial charge is 0.0258 e. The van der Waals surface area contributed by atoms with Crippen LogP contribution in [0.1, 0.15) is 33.1 Å². The average molecular weight is 171 g/mol. The summed E-state index contributed by atoms with van der Waals surface area (Å²) in [7, 11) is 0. The van der Waals surface area contributed by atoms with Crippen molar-refractivity contribution in [3.8, 4) is 11.8 Å². The van der Waals surface area contributed by atoms with Gasteiger partial charge in [0.1, 0.15) is 0 Å². The zero-order valence-electron chi connectivity index (χ0n) is 7.28. The molecule has 0 fully saturated rings. The molecule has 0 saturated heterocycles. The van der Waals surface area contributed by atoms with Crippen molar-refractivity contribution in [1.29, 1.82) is 0 Å². The molecule has 0 radical (unpaired) electrons. The van der Waals surface area contributed by atoms with Gasteiger partial charge in [-0.05, 0) is 26.7 Å². The van der Waals surface area contributed by atoms with Crippen LogP contribution in [0, 0.1) is 11.8 Å². The maximum Gasteiger partial charge on any atom is 0.0258 e. The van der Waals surface area contributed by atoms with Crippen molar-refractivity contribution in [2.45, 2.75) is 33.1 Å². The van der Waals surface area contributed by atoms with Crippen molar-refractivity contribution < 1.29 is 0 Å². The highest BCUT2D eigenvalue weighted by atomic mass is 35.5. The molecule has 0 N–H and O–H groups in total. The second-order valence-corrected chi connectivity index (χ2v) is 2.83. The first-order valence-electron chi connectivity index (χ1n) is 3.92. The number of rotatable bonds is 4. The molecule has 0 rings (SSSR count). The highest BCUT2D eigenvalue weighted by molar-refractivity contribution is 6.17. The Bertz CT molecular complexity index is 169. The van der Waals surface area contributed by atoms with Gasteiger partial charge < -0.3 is 0 Å². The Morgan fingerprint density at radius 2 is 2.27 bits per heavy atom. The van der Waals surface area contributed by atoms with E-state index in [1.807, 2.05) is 6.92 Å². The molecule has 0 spiro atoms. The van der Waals surface area contributed by atoms with Crippen molar-refractivity contribution in [2.24, 2.45) is 0 Å². The van der Waals surface area contributed by atoms with Crippen LogP contribution in [0.4, 0.5) is 0 Å². The largest absolute Gasteiger partial charge is 0.126 e. The Balaban J connectivity index is 3.47. The highest BCUT2D eigenvalue weighted by Crippen LogP contribution is 2.04. The Kier molecular flexibility index (Phi) is 7.41. The maximum absolute atomic E-state index is 5.53. The molecule has 62 valence electrons. The van der Waals surface area contributed by atoms with Gasteiger partial charge in [0.05, 0.1) is 0 Å². The summed E-state index contributed by atoms with van der Waals surface area (Å²) < 4.78 is 0. The third-order valence-electron chi connectivity index (χ3n) is 1.42. The van der Waals surface area contributed by atoms with Crippen molar-refractivity contribution in [3.63, 3.8) is 0 Å². The molecule has 11 heavy (non-hydrogen) atoms. The first-order valence-corrected chi connectivity index (χ1v) is 4.46. The summed E-state index contributed by atoms with van der Waals surface area (Å²) in [5, 5.41) is 0. The molecule has 0 aliphatic carbocycles. The molecule has 0 bridgehead atoms. The van der Waals surface area contributed by atoms with E-state index in [-0.39, 0.29) is 0 Å². The molecular formula is C10H15Cl. The van der Waals surface area contributed by atoms with Crippen molar-refractivity contribution in [2.75, 3.05) is 5.88 Å². The van der Waals surface area contributed by atoms with Gasteiger partial charge in [-0.15, -0.1) is 23.4 Å². The lowest BCUT2D eigenvalue weighted by molar-refractivity contribution is 0.982. The van der Waals surface area contributed by atoms with Gasteiger partial charge in [0.2, 0.25) is 0 Å². The van der Waals surface area contributed by atoms with Crippen molar-refractivity contribution in [3.05, 3.63) is 11.6 Å². The van der Waals surface area contributed by atoms with Crippen LogP contribution >= 0.6 is 11.6 Å². The monoisotopic (exact) mass is 170 g/mol. The van der Waals surface area contributed by atoms with Gasteiger partial charge >= 0.3 is 0 Å². The predicted molar refractivity (Wildman–Crippen MR) is 51.8 cm³/mol. The molecule has 0 aromatic carbocycles. The van der Waals surface area contributed by atoms with Crippen LogP contribution in [0.3, 0.4) is 0 Å². The molecule has 0 atom stereocenters. The summed E-state index contributed by atoms with van der Waals surface area (Å²) in [5.74, 6) is 6.63. The van der Waals surface area contributed by atoms with Gasteiger partial charge in [0, 0.05) is 12.3 Å². The fourth-order valence-electron chi connectivity index (χ4n) is 0.788. The van der Waals surface area contributed by atoms with Crippen LogP contribution in [0.15, 0.2) is 11.6 Å². The molecule has 0 nitrogen and oxygen atoms in total. The number of hydrogen-bond donors (Lipinski definition) is 0. The topological polar surface area (TPSA) is 0 Å². The van der Waals surface area contributed by atoms with Crippen LogP contribution in [-0.4, -0.2) is 5.88 Å². The molecular weight excluding hydrogens is 156 g/mol. The summed E-state index contributed by atoms with van der Waals surface area (Å²) in [5.41, 5.74) is 1.40. The van der Waals surface area contributed by atoms with Crippen LogP contribution in [-0.2, 0) is 0 Å². The minimum Gasteiger partial charge on any atom is -0.126 e. The van der Waals surface area contributed by atoms with E-state index in [1.165, 1.54) is 5.57 Å². The summed E-state index contributed by atoms with van der Waals surface area (Å²) in [6.07, 6.45) is 5.22. The third-order valence-corrected chi connectivity index (χ3v) is 1.64. The van der Waals surface area contributed by atoms with Crippen molar-refractivity contribution in [1.82, 2.24) is 0 Å². The number of hydrogen-bond acceptors (Lipinski definition) is 0. The molecule has 0 heterocycles. The lowest BCUT2D eigenvalue weighted by Crippen LogP contribution is -1.77. The molecule has 0 aromatic heterocycles. The van der Waals surface area contributed by atoms with E-state index in [1.54, 1.807) is 0 Å². The van der Waals surface area contributed by atoms with Crippen LogP contribution in [0.2, 0.25) is 0 Å². The summed E-state index contributed by atoms with van der Waals surface area (Å²) in [6, 6.07) is 0. The van der Waals surface area contributed by atoms with E-state index < -0.39 is 0 Å². The van der Waals surface area contributed by atoms with Gasteiger partial charge in [-0.25, -0.2) is 0 Å². The zero-order chi connectivity index (χ0) is 8.53. The summed E-state index contributed by atoms with van der Waals surface area (Å²) >= 11 is 5.53. The van der Waals surface area contributed by atoms with E-state index in [0.717, 1.165) is 25.1 Å². The number of halogens is 1. The summed E-state index contributed by atoms with van der Waals surface area (Å²) in [6.45, 7) is 4.00. The van der Waals surface area contributed by atoms with Crippen LogP contribution in [0.25, 0.3) is 0 Å². The number of allylic oxidation sites excluding steroid dienone is 2. The van der Waals surface area contributed by atoms with E-state index in [4.69, 9.17) is 11.6 Å².